The minimum atomic E-state index is -0.191. The number of rotatable bonds is 13. The molecule has 0 aliphatic rings. The SMILES string of the molecule is COCOC(=O)CCCCCNC(C)(CCO[SiH3])c1cccc(C)c1C(C)(C)C. The average Bonchev–Trinajstić information content (AvgIpc) is 2.66. The van der Waals surface area contributed by atoms with Gasteiger partial charge >= 0.3 is 5.97 Å². The molecular formula is C23H41NO4Si. The van der Waals surface area contributed by atoms with E-state index >= 15 is 0 Å². The molecular weight excluding hydrogens is 382 g/mol. The number of hydrogen-bond donors (Lipinski definition) is 1. The van der Waals surface area contributed by atoms with Crippen LogP contribution in [0.1, 0.15) is 76.5 Å². The van der Waals surface area contributed by atoms with Crippen LogP contribution in [0.2, 0.25) is 0 Å². The minimum Gasteiger partial charge on any atom is -0.438 e. The Labute approximate surface area is 180 Å². The molecule has 0 saturated carbocycles. The maximum Gasteiger partial charge on any atom is 0.307 e. The Balaban J connectivity index is 2.75. The largest absolute Gasteiger partial charge is 0.438 e. The van der Waals surface area contributed by atoms with Gasteiger partial charge in [0, 0.05) is 25.7 Å². The van der Waals surface area contributed by atoms with Crippen LogP contribution in [0.15, 0.2) is 18.2 Å². The first-order valence-corrected chi connectivity index (χ1v) is 11.5. The Hall–Kier alpha value is -1.21. The van der Waals surface area contributed by atoms with E-state index < -0.39 is 0 Å². The molecule has 1 unspecified atom stereocenters. The lowest BCUT2D eigenvalue weighted by Crippen LogP contribution is -2.43. The normalized spacial score (nSPS) is 14.0. The van der Waals surface area contributed by atoms with Crippen LogP contribution >= 0.6 is 0 Å². The van der Waals surface area contributed by atoms with Crippen molar-refractivity contribution in [3.63, 3.8) is 0 Å². The zero-order chi connectivity index (χ0) is 21.9. The Kier molecular flexibility index (Phi) is 11.1. The third kappa shape index (κ3) is 8.58. The third-order valence-corrected chi connectivity index (χ3v) is 5.74. The van der Waals surface area contributed by atoms with E-state index in [-0.39, 0.29) is 23.7 Å². The molecule has 29 heavy (non-hydrogen) atoms. The van der Waals surface area contributed by atoms with Gasteiger partial charge in [0.2, 0.25) is 0 Å². The zero-order valence-electron chi connectivity index (χ0n) is 19.5. The van der Waals surface area contributed by atoms with Gasteiger partial charge in [-0.25, -0.2) is 0 Å². The lowest BCUT2D eigenvalue weighted by atomic mass is 9.74. The van der Waals surface area contributed by atoms with E-state index in [1.54, 1.807) is 0 Å². The van der Waals surface area contributed by atoms with Crippen LogP contribution in [0.5, 0.6) is 0 Å². The Morgan fingerprint density at radius 2 is 1.86 bits per heavy atom. The first-order chi connectivity index (χ1) is 13.7. The molecule has 1 N–H and O–H groups in total. The number of carbonyl (C=O) groups is 1. The lowest BCUT2D eigenvalue weighted by molar-refractivity contribution is -0.154. The van der Waals surface area contributed by atoms with E-state index in [1.165, 1.54) is 23.8 Å². The highest BCUT2D eigenvalue weighted by atomic mass is 28.2. The first-order valence-electron chi connectivity index (χ1n) is 10.6. The van der Waals surface area contributed by atoms with Crippen molar-refractivity contribution < 1.29 is 18.7 Å². The number of hydrogen-bond acceptors (Lipinski definition) is 5. The molecule has 0 spiro atoms. The van der Waals surface area contributed by atoms with Crippen LogP contribution in [0, 0.1) is 6.92 Å². The molecule has 0 aromatic heterocycles. The fourth-order valence-electron chi connectivity index (χ4n) is 3.88. The van der Waals surface area contributed by atoms with E-state index in [0.717, 1.165) is 49.3 Å². The quantitative estimate of drug-likeness (QED) is 0.228. The van der Waals surface area contributed by atoms with Crippen molar-refractivity contribution in [2.75, 3.05) is 27.1 Å². The summed E-state index contributed by atoms with van der Waals surface area (Å²) in [5.41, 5.74) is 4.06. The predicted molar refractivity (Wildman–Crippen MR) is 122 cm³/mol. The van der Waals surface area contributed by atoms with Gasteiger partial charge in [-0.3, -0.25) is 4.79 Å². The molecule has 0 aliphatic heterocycles. The van der Waals surface area contributed by atoms with Gasteiger partial charge < -0.3 is 19.2 Å². The van der Waals surface area contributed by atoms with Gasteiger partial charge in [0.1, 0.15) is 10.5 Å². The summed E-state index contributed by atoms with van der Waals surface area (Å²) in [6.45, 7) is 13.0. The Bertz CT molecular complexity index is 630. The summed E-state index contributed by atoms with van der Waals surface area (Å²) in [6, 6.07) is 6.63. The number of benzene rings is 1. The summed E-state index contributed by atoms with van der Waals surface area (Å²) in [7, 11) is 2.27. The van der Waals surface area contributed by atoms with Crippen molar-refractivity contribution in [2.45, 2.75) is 77.7 Å². The fraction of sp³-hybridized carbons (Fsp3) is 0.696. The standard InChI is InChI=1S/C23H41NO4Si/c1-18-11-10-12-19(21(18)22(2,3)4)23(5,14-16-28-29)24-15-9-7-8-13-20(25)27-17-26-6/h10-12,24H,7-9,13-17H2,1-6,29H3. The van der Waals surface area contributed by atoms with E-state index in [2.05, 4.69) is 58.1 Å². The van der Waals surface area contributed by atoms with Crippen molar-refractivity contribution in [1.82, 2.24) is 5.32 Å². The lowest BCUT2D eigenvalue weighted by Gasteiger charge is -2.37. The van der Waals surface area contributed by atoms with Gasteiger partial charge in [-0.2, -0.15) is 0 Å². The van der Waals surface area contributed by atoms with Gasteiger partial charge in [0.05, 0.1) is 0 Å². The molecule has 0 saturated heterocycles. The van der Waals surface area contributed by atoms with Crippen molar-refractivity contribution in [2.24, 2.45) is 0 Å². The number of methoxy groups -OCH3 is 1. The van der Waals surface area contributed by atoms with Gasteiger partial charge in [-0.1, -0.05) is 45.4 Å². The highest BCUT2D eigenvalue weighted by Gasteiger charge is 2.32. The number of nitrogens with one attached hydrogen (secondary N) is 1. The van der Waals surface area contributed by atoms with Gasteiger partial charge in [0.15, 0.2) is 6.79 Å². The molecule has 5 nitrogen and oxygen atoms in total. The van der Waals surface area contributed by atoms with Crippen LogP contribution in [0.3, 0.4) is 0 Å². The van der Waals surface area contributed by atoms with E-state index in [0.29, 0.717) is 6.42 Å². The second-order valence-corrected chi connectivity index (χ2v) is 9.56. The molecule has 0 bridgehead atoms. The molecule has 1 rings (SSSR count). The highest BCUT2D eigenvalue weighted by molar-refractivity contribution is 5.97. The maximum atomic E-state index is 11.5. The number of carbonyl (C=O) groups excluding carboxylic acids is 1. The second-order valence-electron chi connectivity index (χ2n) is 8.98. The smallest absolute Gasteiger partial charge is 0.307 e. The monoisotopic (exact) mass is 423 g/mol. The highest BCUT2D eigenvalue weighted by Crippen LogP contribution is 2.36. The maximum absolute atomic E-state index is 11.5. The summed E-state index contributed by atoms with van der Waals surface area (Å²) < 4.78 is 15.2. The van der Waals surface area contributed by atoms with Crippen molar-refractivity contribution in [3.8, 4) is 0 Å². The molecule has 0 heterocycles. The van der Waals surface area contributed by atoms with Crippen molar-refractivity contribution in [1.29, 1.82) is 0 Å². The average molecular weight is 424 g/mol. The number of esters is 1. The van der Waals surface area contributed by atoms with E-state index in [4.69, 9.17) is 13.9 Å². The summed E-state index contributed by atoms with van der Waals surface area (Å²) in [5.74, 6) is -0.191. The van der Waals surface area contributed by atoms with Crippen molar-refractivity contribution in [3.05, 3.63) is 34.9 Å². The molecule has 0 amide bonds. The van der Waals surface area contributed by atoms with Gasteiger partial charge in [0.25, 0.3) is 0 Å². The van der Waals surface area contributed by atoms with E-state index in [9.17, 15) is 4.79 Å². The topological polar surface area (TPSA) is 56.8 Å². The van der Waals surface area contributed by atoms with Crippen LogP contribution in [-0.2, 0) is 29.6 Å². The number of aryl methyl sites for hydroxylation is 1. The zero-order valence-corrected chi connectivity index (χ0v) is 21.5. The predicted octanol–water partition coefficient (Wildman–Crippen LogP) is 3.49. The molecule has 0 fully saturated rings. The molecule has 6 heteroatoms. The molecule has 0 radical (unpaired) electrons. The molecule has 0 aliphatic carbocycles. The summed E-state index contributed by atoms with van der Waals surface area (Å²) in [5, 5.41) is 3.81. The molecule has 1 atom stereocenters. The molecule has 1 aromatic carbocycles. The van der Waals surface area contributed by atoms with Crippen LogP contribution in [0.25, 0.3) is 0 Å². The van der Waals surface area contributed by atoms with Crippen molar-refractivity contribution >= 4 is 16.5 Å². The number of unbranched alkanes of at least 4 members (excludes halogenated alkanes) is 2. The minimum absolute atomic E-state index is 0.0354. The first kappa shape index (κ1) is 25.8. The summed E-state index contributed by atoms with van der Waals surface area (Å²) in [4.78, 5) is 11.5. The van der Waals surface area contributed by atoms with Gasteiger partial charge in [-0.05, 0) is 61.8 Å². The van der Waals surface area contributed by atoms with E-state index in [1.807, 2.05) is 0 Å². The Morgan fingerprint density at radius 1 is 1.14 bits per heavy atom. The van der Waals surface area contributed by atoms with Crippen LogP contribution in [0.4, 0.5) is 0 Å². The van der Waals surface area contributed by atoms with Crippen LogP contribution < -0.4 is 5.32 Å². The van der Waals surface area contributed by atoms with Crippen LogP contribution in [-0.4, -0.2) is 43.5 Å². The summed E-state index contributed by atoms with van der Waals surface area (Å²) >= 11 is 0. The molecule has 166 valence electrons. The fourth-order valence-corrected chi connectivity index (χ4v) is 4.08. The third-order valence-electron chi connectivity index (χ3n) is 5.33. The summed E-state index contributed by atoms with van der Waals surface area (Å²) in [6.07, 6.45) is 4.23. The second kappa shape index (κ2) is 12.5. The van der Waals surface area contributed by atoms with Gasteiger partial charge in [-0.15, -0.1) is 0 Å². The molecule has 1 aromatic rings. The number of ether oxygens (including phenoxy) is 2. The Morgan fingerprint density at radius 3 is 2.48 bits per heavy atom.